The van der Waals surface area contributed by atoms with Crippen LogP contribution in [-0.2, 0) is 9.53 Å². The Labute approximate surface area is 110 Å². The van der Waals surface area contributed by atoms with Crippen LogP contribution in [0.1, 0.15) is 19.8 Å². The molecular weight excluding hydrogens is 253 g/mol. The maximum Gasteiger partial charge on any atom is 0.356 e. The molecule has 104 valence electrons. The molecule has 0 aromatic heterocycles. The van der Waals surface area contributed by atoms with Crippen LogP contribution in [0.4, 0.5) is 4.39 Å². The number of carbonyl (C=O) groups excluding carboxylic acids is 1. The van der Waals surface area contributed by atoms with E-state index in [1.807, 2.05) is 0 Å². The standard InChI is InChI=1S/C13H16FNO4/c1-2-18-13(16)12(15-17)4-3-9-19-11-7-5-10(14)6-8-11/h5-8,17H,2-4,9H2,1H3. The molecule has 0 saturated carbocycles. The summed E-state index contributed by atoms with van der Waals surface area (Å²) in [7, 11) is 0. The third kappa shape index (κ3) is 5.37. The Kier molecular flexibility index (Phi) is 6.35. The van der Waals surface area contributed by atoms with E-state index in [0.29, 0.717) is 18.8 Å². The lowest BCUT2D eigenvalue weighted by molar-refractivity contribution is -0.135. The van der Waals surface area contributed by atoms with E-state index < -0.39 is 5.97 Å². The third-order valence-corrected chi connectivity index (χ3v) is 2.27. The summed E-state index contributed by atoms with van der Waals surface area (Å²) in [5, 5.41) is 11.6. The predicted octanol–water partition coefficient (Wildman–Crippen LogP) is 2.38. The first-order valence-electron chi connectivity index (χ1n) is 5.93. The van der Waals surface area contributed by atoms with Gasteiger partial charge in [0.1, 0.15) is 11.6 Å². The maximum absolute atomic E-state index is 12.6. The number of hydrogen-bond donors (Lipinski definition) is 1. The fraction of sp³-hybridized carbons (Fsp3) is 0.385. The number of esters is 1. The largest absolute Gasteiger partial charge is 0.494 e. The van der Waals surface area contributed by atoms with E-state index in [-0.39, 0.29) is 24.6 Å². The molecule has 0 heterocycles. The Balaban J connectivity index is 2.30. The van der Waals surface area contributed by atoms with Gasteiger partial charge < -0.3 is 14.7 Å². The summed E-state index contributed by atoms with van der Waals surface area (Å²) in [6, 6.07) is 5.63. The summed E-state index contributed by atoms with van der Waals surface area (Å²) in [4.78, 5) is 11.3. The number of rotatable bonds is 7. The highest BCUT2D eigenvalue weighted by atomic mass is 19.1. The molecule has 19 heavy (non-hydrogen) atoms. The topological polar surface area (TPSA) is 68.1 Å². The van der Waals surface area contributed by atoms with E-state index in [0.717, 1.165) is 0 Å². The van der Waals surface area contributed by atoms with Crippen molar-refractivity contribution in [3.8, 4) is 5.75 Å². The number of halogens is 1. The lowest BCUT2D eigenvalue weighted by atomic mass is 10.2. The van der Waals surface area contributed by atoms with E-state index in [1.165, 1.54) is 24.3 Å². The molecular formula is C13H16FNO4. The van der Waals surface area contributed by atoms with Crippen LogP contribution in [-0.4, -0.2) is 30.1 Å². The van der Waals surface area contributed by atoms with Gasteiger partial charge in [-0.3, -0.25) is 0 Å². The summed E-state index contributed by atoms with van der Waals surface area (Å²) in [6.45, 7) is 2.22. The van der Waals surface area contributed by atoms with Gasteiger partial charge in [-0.05, 0) is 37.6 Å². The highest BCUT2D eigenvalue weighted by Gasteiger charge is 2.12. The normalized spacial score (nSPS) is 11.2. The molecule has 0 atom stereocenters. The van der Waals surface area contributed by atoms with Crippen molar-refractivity contribution in [3.05, 3.63) is 30.1 Å². The second-order valence-electron chi connectivity index (χ2n) is 3.67. The van der Waals surface area contributed by atoms with E-state index in [1.54, 1.807) is 6.92 Å². The van der Waals surface area contributed by atoms with Crippen LogP contribution in [0.2, 0.25) is 0 Å². The number of carbonyl (C=O) groups is 1. The Bertz CT molecular complexity index is 431. The zero-order valence-electron chi connectivity index (χ0n) is 10.6. The highest BCUT2D eigenvalue weighted by Crippen LogP contribution is 2.11. The van der Waals surface area contributed by atoms with E-state index in [9.17, 15) is 9.18 Å². The van der Waals surface area contributed by atoms with Gasteiger partial charge in [-0.15, -0.1) is 0 Å². The molecule has 1 aromatic rings. The van der Waals surface area contributed by atoms with Crippen LogP contribution in [0.5, 0.6) is 5.75 Å². The van der Waals surface area contributed by atoms with Crippen molar-refractivity contribution in [2.75, 3.05) is 13.2 Å². The van der Waals surface area contributed by atoms with E-state index in [4.69, 9.17) is 14.7 Å². The van der Waals surface area contributed by atoms with Gasteiger partial charge in [0.15, 0.2) is 5.71 Å². The van der Waals surface area contributed by atoms with Crippen molar-refractivity contribution >= 4 is 11.7 Å². The lowest BCUT2D eigenvalue weighted by Crippen LogP contribution is -2.18. The van der Waals surface area contributed by atoms with Gasteiger partial charge in [-0.25, -0.2) is 9.18 Å². The molecule has 1 N–H and O–H groups in total. The number of nitrogens with zero attached hydrogens (tertiary/aromatic N) is 1. The molecule has 0 bridgehead atoms. The van der Waals surface area contributed by atoms with Gasteiger partial charge in [0, 0.05) is 6.42 Å². The van der Waals surface area contributed by atoms with Gasteiger partial charge in [0.05, 0.1) is 13.2 Å². The minimum Gasteiger partial charge on any atom is -0.494 e. The zero-order valence-corrected chi connectivity index (χ0v) is 10.6. The van der Waals surface area contributed by atoms with Crippen molar-refractivity contribution in [2.45, 2.75) is 19.8 Å². The smallest absolute Gasteiger partial charge is 0.356 e. The molecule has 0 amide bonds. The zero-order chi connectivity index (χ0) is 14.1. The van der Waals surface area contributed by atoms with Gasteiger partial charge in [0.2, 0.25) is 0 Å². The molecule has 0 aliphatic carbocycles. The maximum atomic E-state index is 12.6. The van der Waals surface area contributed by atoms with Gasteiger partial charge in [-0.2, -0.15) is 0 Å². The van der Waals surface area contributed by atoms with Crippen LogP contribution in [0, 0.1) is 5.82 Å². The van der Waals surface area contributed by atoms with Crippen molar-refractivity contribution in [3.63, 3.8) is 0 Å². The first-order valence-corrected chi connectivity index (χ1v) is 5.93. The Morgan fingerprint density at radius 3 is 2.63 bits per heavy atom. The minimum absolute atomic E-state index is 0.0374. The molecule has 0 fully saturated rings. The van der Waals surface area contributed by atoms with Gasteiger partial charge in [-0.1, -0.05) is 5.16 Å². The average molecular weight is 269 g/mol. The molecule has 1 aromatic carbocycles. The number of hydrogen-bond acceptors (Lipinski definition) is 5. The van der Waals surface area contributed by atoms with Crippen LogP contribution >= 0.6 is 0 Å². The Hall–Kier alpha value is -2.11. The molecule has 6 heteroatoms. The monoisotopic (exact) mass is 269 g/mol. The molecule has 0 spiro atoms. The van der Waals surface area contributed by atoms with E-state index >= 15 is 0 Å². The van der Waals surface area contributed by atoms with Crippen LogP contribution in [0.25, 0.3) is 0 Å². The van der Waals surface area contributed by atoms with Gasteiger partial charge >= 0.3 is 5.97 Å². The van der Waals surface area contributed by atoms with Crippen molar-refractivity contribution in [1.29, 1.82) is 0 Å². The summed E-state index contributed by atoms with van der Waals surface area (Å²) in [6.07, 6.45) is 0.728. The molecule has 5 nitrogen and oxygen atoms in total. The first kappa shape index (κ1) is 14.9. The highest BCUT2D eigenvalue weighted by molar-refractivity contribution is 6.36. The second kappa shape index (κ2) is 8.07. The predicted molar refractivity (Wildman–Crippen MR) is 67.0 cm³/mol. The first-order chi connectivity index (χ1) is 9.17. The third-order valence-electron chi connectivity index (χ3n) is 2.27. The molecule has 0 aliphatic rings. The van der Waals surface area contributed by atoms with E-state index in [2.05, 4.69) is 5.16 Å². The molecule has 0 aliphatic heterocycles. The minimum atomic E-state index is -0.633. The average Bonchev–Trinajstić information content (AvgIpc) is 2.41. The summed E-state index contributed by atoms with van der Waals surface area (Å²) in [5.74, 6) is -0.420. The Morgan fingerprint density at radius 2 is 2.05 bits per heavy atom. The Morgan fingerprint density at radius 1 is 1.37 bits per heavy atom. The molecule has 0 radical (unpaired) electrons. The molecule has 0 unspecified atom stereocenters. The fourth-order valence-electron chi connectivity index (χ4n) is 1.37. The van der Waals surface area contributed by atoms with Crippen molar-refractivity contribution in [2.24, 2.45) is 5.16 Å². The fourth-order valence-corrected chi connectivity index (χ4v) is 1.37. The second-order valence-corrected chi connectivity index (χ2v) is 3.67. The summed E-state index contributed by atoms with van der Waals surface area (Å²) in [5.41, 5.74) is -0.0374. The van der Waals surface area contributed by atoms with Crippen molar-refractivity contribution < 1.29 is 23.9 Å². The van der Waals surface area contributed by atoms with Crippen LogP contribution < -0.4 is 4.74 Å². The summed E-state index contributed by atoms with van der Waals surface area (Å²) < 4.78 is 22.7. The van der Waals surface area contributed by atoms with Crippen LogP contribution in [0.15, 0.2) is 29.4 Å². The number of oxime groups is 1. The lowest BCUT2D eigenvalue weighted by Gasteiger charge is -2.06. The van der Waals surface area contributed by atoms with Gasteiger partial charge in [0.25, 0.3) is 0 Å². The number of ether oxygens (including phenoxy) is 2. The van der Waals surface area contributed by atoms with Crippen molar-refractivity contribution in [1.82, 2.24) is 0 Å². The quantitative estimate of drug-likeness (QED) is 0.271. The molecule has 0 saturated heterocycles. The number of benzene rings is 1. The molecule has 1 rings (SSSR count). The van der Waals surface area contributed by atoms with Crippen LogP contribution in [0.3, 0.4) is 0 Å². The SMILES string of the molecule is CCOC(=O)C(CCCOc1ccc(F)cc1)=NO. The summed E-state index contributed by atoms with van der Waals surface area (Å²) >= 11 is 0.